The van der Waals surface area contributed by atoms with E-state index in [-0.39, 0.29) is 11.9 Å². The third-order valence-corrected chi connectivity index (χ3v) is 5.32. The number of hydrogen-bond acceptors (Lipinski definition) is 2. The standard InChI is InChI=1S/C14H24N2O/c15-12(4-13(16)17)8-14-5-9-1-10(6-14)3-11(2-9)7-14/h9-12H,1-8,15H2,(H2,16,17). The Balaban J connectivity index is 1.67. The third kappa shape index (κ3) is 2.22. The molecule has 3 nitrogen and oxygen atoms in total. The molecule has 1 unspecified atom stereocenters. The Kier molecular flexibility index (Phi) is 2.69. The van der Waals surface area contributed by atoms with Gasteiger partial charge in [0.2, 0.25) is 5.91 Å². The van der Waals surface area contributed by atoms with Crippen LogP contribution in [-0.2, 0) is 4.79 Å². The van der Waals surface area contributed by atoms with Gasteiger partial charge in [0.05, 0.1) is 0 Å². The average Bonchev–Trinajstić information content (AvgIpc) is 2.11. The van der Waals surface area contributed by atoms with Crippen molar-refractivity contribution in [3.05, 3.63) is 0 Å². The summed E-state index contributed by atoms with van der Waals surface area (Å²) < 4.78 is 0. The minimum atomic E-state index is -0.248. The van der Waals surface area contributed by atoms with Crippen LogP contribution in [0.2, 0.25) is 0 Å². The van der Waals surface area contributed by atoms with E-state index in [9.17, 15) is 4.79 Å². The Labute approximate surface area is 103 Å². The molecule has 17 heavy (non-hydrogen) atoms. The zero-order chi connectivity index (χ0) is 12.0. The van der Waals surface area contributed by atoms with Gasteiger partial charge in [-0.25, -0.2) is 0 Å². The lowest BCUT2D eigenvalue weighted by Crippen LogP contribution is -2.48. The van der Waals surface area contributed by atoms with Crippen molar-refractivity contribution >= 4 is 5.91 Å². The monoisotopic (exact) mass is 236 g/mol. The van der Waals surface area contributed by atoms with Crippen LogP contribution < -0.4 is 11.5 Å². The van der Waals surface area contributed by atoms with E-state index in [0.717, 1.165) is 24.2 Å². The number of rotatable bonds is 4. The molecule has 4 aliphatic carbocycles. The molecule has 3 heteroatoms. The number of amides is 1. The molecule has 4 bridgehead atoms. The number of primary amides is 1. The largest absolute Gasteiger partial charge is 0.370 e. The Morgan fingerprint density at radius 2 is 1.59 bits per heavy atom. The van der Waals surface area contributed by atoms with Gasteiger partial charge in [-0.3, -0.25) is 4.79 Å². The molecule has 0 spiro atoms. The molecule has 0 aromatic rings. The third-order valence-electron chi connectivity index (χ3n) is 5.32. The summed E-state index contributed by atoms with van der Waals surface area (Å²) >= 11 is 0. The van der Waals surface area contributed by atoms with Crippen LogP contribution in [0.3, 0.4) is 0 Å². The minimum Gasteiger partial charge on any atom is -0.370 e. The van der Waals surface area contributed by atoms with Crippen LogP contribution in [0.5, 0.6) is 0 Å². The van der Waals surface area contributed by atoms with Crippen LogP contribution >= 0.6 is 0 Å². The van der Waals surface area contributed by atoms with Crippen molar-refractivity contribution in [1.29, 1.82) is 0 Å². The molecule has 1 amide bonds. The fraction of sp³-hybridized carbons (Fsp3) is 0.929. The topological polar surface area (TPSA) is 69.1 Å². The van der Waals surface area contributed by atoms with Crippen LogP contribution in [0.15, 0.2) is 0 Å². The number of nitrogens with two attached hydrogens (primary N) is 2. The van der Waals surface area contributed by atoms with Gasteiger partial charge in [-0.2, -0.15) is 0 Å². The maximum absolute atomic E-state index is 10.9. The summed E-state index contributed by atoms with van der Waals surface area (Å²) in [5.41, 5.74) is 11.8. The minimum absolute atomic E-state index is 0.0104. The molecule has 0 radical (unpaired) electrons. The van der Waals surface area contributed by atoms with Crippen LogP contribution in [0.1, 0.15) is 51.4 Å². The molecule has 0 aliphatic heterocycles. The molecule has 0 aromatic carbocycles. The maximum Gasteiger partial charge on any atom is 0.218 e. The summed E-state index contributed by atoms with van der Waals surface area (Å²) in [5.74, 6) is 2.63. The second kappa shape index (κ2) is 3.98. The first-order chi connectivity index (χ1) is 8.05. The van der Waals surface area contributed by atoms with E-state index in [2.05, 4.69) is 0 Å². The predicted octanol–water partition coefficient (Wildman–Crippen LogP) is 1.80. The van der Waals surface area contributed by atoms with Crippen molar-refractivity contribution in [2.75, 3.05) is 0 Å². The van der Waals surface area contributed by atoms with E-state index in [1.807, 2.05) is 0 Å². The molecule has 0 aromatic heterocycles. The van der Waals surface area contributed by atoms with E-state index in [0.29, 0.717) is 11.8 Å². The highest BCUT2D eigenvalue weighted by Crippen LogP contribution is 2.61. The fourth-order valence-electron chi connectivity index (χ4n) is 5.43. The van der Waals surface area contributed by atoms with Crippen molar-refractivity contribution < 1.29 is 4.79 Å². The highest BCUT2D eigenvalue weighted by molar-refractivity contribution is 5.74. The van der Waals surface area contributed by atoms with E-state index < -0.39 is 0 Å². The summed E-state index contributed by atoms with van der Waals surface area (Å²) in [6, 6.07) is -0.0104. The van der Waals surface area contributed by atoms with E-state index >= 15 is 0 Å². The van der Waals surface area contributed by atoms with Gasteiger partial charge in [0.25, 0.3) is 0 Å². The lowest BCUT2D eigenvalue weighted by atomic mass is 9.48. The lowest BCUT2D eigenvalue weighted by molar-refractivity contribution is -0.118. The molecule has 4 rings (SSSR count). The summed E-state index contributed by atoms with van der Waals surface area (Å²) in [6.07, 6.45) is 9.88. The highest BCUT2D eigenvalue weighted by Gasteiger charge is 2.50. The first kappa shape index (κ1) is 11.5. The molecule has 4 saturated carbocycles. The van der Waals surface area contributed by atoms with Gasteiger partial charge in [-0.1, -0.05) is 0 Å². The second-order valence-corrected chi connectivity index (χ2v) is 7.05. The summed E-state index contributed by atoms with van der Waals surface area (Å²) in [4.78, 5) is 10.9. The molecule has 4 N–H and O–H groups in total. The van der Waals surface area contributed by atoms with Gasteiger partial charge in [-0.05, 0) is 68.1 Å². The normalized spacial score (nSPS) is 44.9. The smallest absolute Gasteiger partial charge is 0.218 e. The van der Waals surface area contributed by atoms with Gasteiger partial charge in [0, 0.05) is 12.5 Å². The number of hydrogen-bond donors (Lipinski definition) is 2. The first-order valence-electron chi connectivity index (χ1n) is 7.08. The van der Waals surface area contributed by atoms with Crippen molar-refractivity contribution in [3.63, 3.8) is 0 Å². The molecule has 4 aliphatic rings. The Morgan fingerprint density at radius 3 is 2.00 bits per heavy atom. The number of carbonyl (C=O) groups excluding carboxylic acids is 1. The zero-order valence-electron chi connectivity index (χ0n) is 10.5. The molecule has 0 heterocycles. The van der Waals surface area contributed by atoms with Crippen molar-refractivity contribution in [3.8, 4) is 0 Å². The van der Waals surface area contributed by atoms with Crippen molar-refractivity contribution in [2.24, 2.45) is 34.6 Å². The van der Waals surface area contributed by atoms with Crippen LogP contribution in [0.25, 0.3) is 0 Å². The fourth-order valence-corrected chi connectivity index (χ4v) is 5.43. The van der Waals surface area contributed by atoms with Gasteiger partial charge in [-0.15, -0.1) is 0 Å². The maximum atomic E-state index is 10.9. The first-order valence-corrected chi connectivity index (χ1v) is 7.08. The van der Waals surface area contributed by atoms with Crippen LogP contribution in [0.4, 0.5) is 0 Å². The van der Waals surface area contributed by atoms with Gasteiger partial charge < -0.3 is 11.5 Å². The second-order valence-electron chi connectivity index (χ2n) is 7.05. The van der Waals surface area contributed by atoms with Crippen molar-refractivity contribution in [1.82, 2.24) is 0 Å². The van der Waals surface area contributed by atoms with Gasteiger partial charge in [0.1, 0.15) is 0 Å². The highest BCUT2D eigenvalue weighted by atomic mass is 16.1. The van der Waals surface area contributed by atoms with E-state index in [4.69, 9.17) is 11.5 Å². The molecule has 96 valence electrons. The molecular weight excluding hydrogens is 212 g/mol. The van der Waals surface area contributed by atoms with Crippen molar-refractivity contribution in [2.45, 2.75) is 57.4 Å². The SMILES string of the molecule is NC(=O)CC(N)CC12CC3CC(CC(C3)C1)C2. The quantitative estimate of drug-likeness (QED) is 0.781. The van der Waals surface area contributed by atoms with Gasteiger partial charge in [0.15, 0.2) is 0 Å². The lowest BCUT2D eigenvalue weighted by Gasteiger charge is -2.57. The van der Waals surface area contributed by atoms with Crippen LogP contribution in [-0.4, -0.2) is 11.9 Å². The van der Waals surface area contributed by atoms with E-state index in [1.54, 1.807) is 0 Å². The zero-order valence-corrected chi connectivity index (χ0v) is 10.5. The predicted molar refractivity (Wildman–Crippen MR) is 67.0 cm³/mol. The van der Waals surface area contributed by atoms with Gasteiger partial charge >= 0.3 is 0 Å². The molecule has 0 saturated heterocycles. The summed E-state index contributed by atoms with van der Waals surface area (Å²) in [7, 11) is 0. The molecule has 4 fully saturated rings. The van der Waals surface area contributed by atoms with E-state index in [1.165, 1.54) is 38.5 Å². The molecule has 1 atom stereocenters. The summed E-state index contributed by atoms with van der Waals surface area (Å²) in [5, 5.41) is 0. The van der Waals surface area contributed by atoms with Crippen LogP contribution in [0, 0.1) is 23.2 Å². The Hall–Kier alpha value is -0.570. The Bertz CT molecular complexity index is 291. The molecular formula is C14H24N2O. The summed E-state index contributed by atoms with van der Waals surface area (Å²) in [6.45, 7) is 0. The average molecular weight is 236 g/mol. The Morgan fingerprint density at radius 1 is 1.12 bits per heavy atom. The number of carbonyl (C=O) groups is 1.